The Kier molecular flexibility index (Phi) is 3.70. The summed E-state index contributed by atoms with van der Waals surface area (Å²) in [6.45, 7) is 3.97. The van der Waals surface area contributed by atoms with Crippen LogP contribution in [0.15, 0.2) is 18.2 Å². The van der Waals surface area contributed by atoms with Gasteiger partial charge in [-0.3, -0.25) is 4.79 Å². The van der Waals surface area contributed by atoms with Crippen LogP contribution in [-0.2, 0) is 4.79 Å². The van der Waals surface area contributed by atoms with Crippen molar-refractivity contribution in [3.05, 3.63) is 29.3 Å². The highest BCUT2D eigenvalue weighted by molar-refractivity contribution is 5.98. The first-order valence-electron chi connectivity index (χ1n) is 6.60. The van der Waals surface area contributed by atoms with E-state index < -0.39 is 11.5 Å². The lowest BCUT2D eigenvalue weighted by molar-refractivity contribution is -0.147. The maximum atomic E-state index is 12.6. The Labute approximate surface area is 118 Å². The van der Waals surface area contributed by atoms with Crippen LogP contribution in [0.5, 0.6) is 5.75 Å². The Bertz CT molecular complexity index is 555. The molecule has 0 spiro atoms. The highest BCUT2D eigenvalue weighted by Crippen LogP contribution is 2.31. The predicted octanol–water partition coefficient (Wildman–Crippen LogP) is 2.08. The maximum Gasteiger partial charge on any atom is 0.329 e. The quantitative estimate of drug-likeness (QED) is 0.918. The zero-order chi connectivity index (χ0) is 14.9. The summed E-state index contributed by atoms with van der Waals surface area (Å²) in [7, 11) is 1.55. The Hall–Kier alpha value is -2.04. The van der Waals surface area contributed by atoms with Gasteiger partial charge in [-0.1, -0.05) is 6.07 Å². The molecule has 1 N–H and O–H groups in total. The molecule has 1 aromatic carbocycles. The van der Waals surface area contributed by atoms with E-state index in [1.807, 2.05) is 6.92 Å². The number of carbonyl (C=O) groups is 2. The third-order valence-electron chi connectivity index (χ3n) is 4.00. The maximum absolute atomic E-state index is 12.6. The van der Waals surface area contributed by atoms with Gasteiger partial charge < -0.3 is 14.7 Å². The Morgan fingerprint density at radius 3 is 2.70 bits per heavy atom. The summed E-state index contributed by atoms with van der Waals surface area (Å²) in [4.78, 5) is 25.4. The van der Waals surface area contributed by atoms with Gasteiger partial charge in [0.2, 0.25) is 0 Å². The molecule has 1 fully saturated rings. The van der Waals surface area contributed by atoms with Crippen LogP contribution in [0.3, 0.4) is 0 Å². The van der Waals surface area contributed by atoms with E-state index in [-0.39, 0.29) is 5.91 Å². The fourth-order valence-electron chi connectivity index (χ4n) is 2.62. The molecule has 1 saturated heterocycles. The summed E-state index contributed by atoms with van der Waals surface area (Å²) in [6, 6.07) is 5.18. The number of hydrogen-bond donors (Lipinski definition) is 1. The molecule has 0 bridgehead atoms. The molecule has 0 radical (unpaired) electrons. The van der Waals surface area contributed by atoms with E-state index in [9.17, 15) is 14.7 Å². The number of likely N-dealkylation sites (tertiary alicyclic amines) is 1. The number of carboxylic acid groups (broad SMARTS) is 1. The van der Waals surface area contributed by atoms with E-state index in [1.165, 1.54) is 4.90 Å². The average molecular weight is 277 g/mol. The van der Waals surface area contributed by atoms with Gasteiger partial charge in [0.15, 0.2) is 0 Å². The summed E-state index contributed by atoms with van der Waals surface area (Å²) in [6.07, 6.45) is 1.19. The van der Waals surface area contributed by atoms with Crippen LogP contribution in [0, 0.1) is 6.92 Å². The molecule has 2 rings (SSSR count). The van der Waals surface area contributed by atoms with Crippen molar-refractivity contribution in [3.8, 4) is 5.75 Å². The van der Waals surface area contributed by atoms with E-state index in [4.69, 9.17) is 4.74 Å². The molecule has 1 heterocycles. The molecule has 1 aromatic rings. The lowest BCUT2D eigenvalue weighted by Crippen LogP contribution is -2.50. The number of carboxylic acids is 1. The van der Waals surface area contributed by atoms with E-state index in [0.29, 0.717) is 30.7 Å². The highest BCUT2D eigenvalue weighted by atomic mass is 16.5. The zero-order valence-corrected chi connectivity index (χ0v) is 12.0. The number of aliphatic carboxylic acids is 1. The SMILES string of the molecule is COc1cc(C(=O)N2CCCC2(C)C(=O)O)ccc1C. The molecule has 1 aliphatic heterocycles. The van der Waals surface area contributed by atoms with E-state index in [0.717, 1.165) is 5.56 Å². The summed E-state index contributed by atoms with van der Waals surface area (Å²) in [5.74, 6) is -0.583. The number of aryl methyl sites for hydroxylation is 1. The molecule has 0 aliphatic carbocycles. The smallest absolute Gasteiger partial charge is 0.329 e. The van der Waals surface area contributed by atoms with Crippen LogP contribution in [0.1, 0.15) is 35.7 Å². The molecule has 1 aliphatic rings. The van der Waals surface area contributed by atoms with Gasteiger partial charge in [0.05, 0.1) is 7.11 Å². The minimum Gasteiger partial charge on any atom is -0.496 e. The van der Waals surface area contributed by atoms with Crippen molar-refractivity contribution in [2.75, 3.05) is 13.7 Å². The molecule has 0 aromatic heterocycles. The summed E-state index contributed by atoms with van der Waals surface area (Å²) < 4.78 is 5.21. The molecule has 1 unspecified atom stereocenters. The van der Waals surface area contributed by atoms with Crippen LogP contribution >= 0.6 is 0 Å². The number of amides is 1. The van der Waals surface area contributed by atoms with Crippen molar-refractivity contribution < 1.29 is 19.4 Å². The molecule has 108 valence electrons. The summed E-state index contributed by atoms with van der Waals surface area (Å²) >= 11 is 0. The topological polar surface area (TPSA) is 66.8 Å². The minimum atomic E-state index is -1.12. The number of methoxy groups -OCH3 is 1. The molecule has 20 heavy (non-hydrogen) atoms. The lowest BCUT2D eigenvalue weighted by Gasteiger charge is -2.31. The van der Waals surface area contributed by atoms with Gasteiger partial charge >= 0.3 is 5.97 Å². The van der Waals surface area contributed by atoms with Crippen molar-refractivity contribution in [3.63, 3.8) is 0 Å². The number of carbonyl (C=O) groups excluding carboxylic acids is 1. The molecule has 5 nitrogen and oxygen atoms in total. The summed E-state index contributed by atoms with van der Waals surface area (Å²) in [5.41, 5.74) is 0.281. The fraction of sp³-hybridized carbons (Fsp3) is 0.467. The van der Waals surface area contributed by atoms with Gasteiger partial charge in [0.25, 0.3) is 5.91 Å². The first-order valence-corrected chi connectivity index (χ1v) is 6.60. The number of rotatable bonds is 3. The van der Waals surface area contributed by atoms with Crippen LogP contribution in [0.2, 0.25) is 0 Å². The third-order valence-corrected chi connectivity index (χ3v) is 4.00. The van der Waals surface area contributed by atoms with Crippen molar-refractivity contribution in [1.82, 2.24) is 4.90 Å². The van der Waals surface area contributed by atoms with Gasteiger partial charge in [-0.15, -0.1) is 0 Å². The molecular weight excluding hydrogens is 258 g/mol. The number of benzene rings is 1. The number of ether oxygens (including phenoxy) is 1. The number of nitrogens with zero attached hydrogens (tertiary/aromatic N) is 1. The minimum absolute atomic E-state index is 0.259. The molecule has 1 atom stereocenters. The second-order valence-electron chi connectivity index (χ2n) is 5.32. The summed E-state index contributed by atoms with van der Waals surface area (Å²) in [5, 5.41) is 9.37. The van der Waals surface area contributed by atoms with Crippen molar-refractivity contribution >= 4 is 11.9 Å². The Balaban J connectivity index is 2.34. The van der Waals surface area contributed by atoms with Gasteiger partial charge in [-0.05, 0) is 44.4 Å². The van der Waals surface area contributed by atoms with Gasteiger partial charge in [0, 0.05) is 12.1 Å². The molecule has 1 amide bonds. The second kappa shape index (κ2) is 5.15. The first-order chi connectivity index (χ1) is 9.40. The standard InChI is InChI=1S/C15H19NO4/c1-10-5-6-11(9-12(10)20-3)13(17)16-8-4-7-15(16,2)14(18)19/h5-6,9H,4,7-8H2,1-3H3,(H,18,19). The second-order valence-corrected chi connectivity index (χ2v) is 5.32. The van der Waals surface area contributed by atoms with Gasteiger partial charge in [-0.2, -0.15) is 0 Å². The lowest BCUT2D eigenvalue weighted by atomic mass is 9.98. The van der Waals surface area contributed by atoms with Crippen LogP contribution in [-0.4, -0.2) is 41.1 Å². The Morgan fingerprint density at radius 2 is 2.10 bits per heavy atom. The van der Waals surface area contributed by atoms with E-state index >= 15 is 0 Å². The van der Waals surface area contributed by atoms with Gasteiger partial charge in [0.1, 0.15) is 11.3 Å². The van der Waals surface area contributed by atoms with Crippen LogP contribution < -0.4 is 4.74 Å². The Morgan fingerprint density at radius 1 is 1.40 bits per heavy atom. The normalized spacial score (nSPS) is 21.9. The van der Waals surface area contributed by atoms with Crippen molar-refractivity contribution in [1.29, 1.82) is 0 Å². The van der Waals surface area contributed by atoms with Crippen LogP contribution in [0.25, 0.3) is 0 Å². The third kappa shape index (κ3) is 2.24. The average Bonchev–Trinajstić information content (AvgIpc) is 2.82. The van der Waals surface area contributed by atoms with E-state index in [1.54, 1.807) is 32.2 Å². The fourth-order valence-corrected chi connectivity index (χ4v) is 2.62. The van der Waals surface area contributed by atoms with Gasteiger partial charge in [-0.25, -0.2) is 4.79 Å². The largest absolute Gasteiger partial charge is 0.496 e. The van der Waals surface area contributed by atoms with Crippen LogP contribution in [0.4, 0.5) is 0 Å². The van der Waals surface area contributed by atoms with Crippen molar-refractivity contribution in [2.24, 2.45) is 0 Å². The monoisotopic (exact) mass is 277 g/mol. The molecular formula is C15H19NO4. The first kappa shape index (κ1) is 14.4. The van der Waals surface area contributed by atoms with E-state index in [2.05, 4.69) is 0 Å². The molecule has 5 heteroatoms. The number of hydrogen-bond acceptors (Lipinski definition) is 3. The highest BCUT2D eigenvalue weighted by Gasteiger charge is 2.46. The predicted molar refractivity (Wildman–Crippen MR) is 74.0 cm³/mol. The molecule has 0 saturated carbocycles. The zero-order valence-electron chi connectivity index (χ0n) is 12.0. The van der Waals surface area contributed by atoms with Crippen molar-refractivity contribution in [2.45, 2.75) is 32.2 Å².